The zero-order chi connectivity index (χ0) is 9.57. The van der Waals surface area contributed by atoms with Gasteiger partial charge in [-0.3, -0.25) is 0 Å². The molecule has 1 aliphatic carbocycles. The molecular weight excluding hydrogens is 156 g/mol. The molecule has 0 spiro atoms. The maximum atomic E-state index is 3.88. The van der Waals surface area contributed by atoms with E-state index in [1.807, 2.05) is 0 Å². The summed E-state index contributed by atoms with van der Waals surface area (Å²) in [6, 6.07) is 0. The molecule has 0 heteroatoms. The second-order valence-electron chi connectivity index (χ2n) is 4.40. The number of rotatable bonds is 4. The van der Waals surface area contributed by atoms with Crippen LogP contribution in [0.2, 0.25) is 0 Å². The fourth-order valence-electron chi connectivity index (χ4n) is 2.58. The van der Waals surface area contributed by atoms with Crippen LogP contribution in [0.25, 0.3) is 0 Å². The Morgan fingerprint density at radius 3 is 1.69 bits per heavy atom. The largest absolute Gasteiger partial charge is 0.103 e. The van der Waals surface area contributed by atoms with Gasteiger partial charge >= 0.3 is 0 Å². The van der Waals surface area contributed by atoms with Gasteiger partial charge in [-0.1, -0.05) is 37.8 Å². The van der Waals surface area contributed by atoms with E-state index in [4.69, 9.17) is 0 Å². The summed E-state index contributed by atoms with van der Waals surface area (Å²) in [5.41, 5.74) is 0.528. The van der Waals surface area contributed by atoms with Crippen molar-refractivity contribution in [2.45, 2.75) is 51.4 Å². The predicted molar refractivity (Wildman–Crippen MR) is 59.8 cm³/mol. The molecule has 13 heavy (non-hydrogen) atoms. The van der Waals surface area contributed by atoms with Crippen LogP contribution in [0.15, 0.2) is 25.3 Å². The summed E-state index contributed by atoms with van der Waals surface area (Å²) in [7, 11) is 0. The molecule has 0 aliphatic heterocycles. The standard InChI is InChI=1S/C13H22/c1-3-9-13(10-4-2)11-7-5-6-8-12-13/h3-4H,1-2,5-12H2. The van der Waals surface area contributed by atoms with E-state index in [0.29, 0.717) is 5.41 Å². The lowest BCUT2D eigenvalue weighted by Gasteiger charge is -2.30. The van der Waals surface area contributed by atoms with Gasteiger partial charge in [0.2, 0.25) is 0 Å². The van der Waals surface area contributed by atoms with Gasteiger partial charge < -0.3 is 0 Å². The highest BCUT2D eigenvalue weighted by Gasteiger charge is 2.27. The molecule has 0 saturated heterocycles. The van der Waals surface area contributed by atoms with Crippen LogP contribution in [0.3, 0.4) is 0 Å². The summed E-state index contributed by atoms with van der Waals surface area (Å²) in [4.78, 5) is 0. The van der Waals surface area contributed by atoms with Crippen molar-refractivity contribution in [3.05, 3.63) is 25.3 Å². The third-order valence-electron chi connectivity index (χ3n) is 3.32. The normalized spacial score (nSPS) is 21.8. The Hall–Kier alpha value is -0.520. The summed E-state index contributed by atoms with van der Waals surface area (Å²) >= 11 is 0. The summed E-state index contributed by atoms with van der Waals surface area (Å²) in [5, 5.41) is 0. The van der Waals surface area contributed by atoms with Gasteiger partial charge in [-0.15, -0.1) is 13.2 Å². The number of hydrogen-bond acceptors (Lipinski definition) is 0. The van der Waals surface area contributed by atoms with E-state index in [2.05, 4.69) is 25.3 Å². The van der Waals surface area contributed by atoms with Gasteiger partial charge in [-0.05, 0) is 31.1 Å². The summed E-state index contributed by atoms with van der Waals surface area (Å²) in [6.07, 6.45) is 15.0. The van der Waals surface area contributed by atoms with E-state index in [9.17, 15) is 0 Å². The molecule has 1 rings (SSSR count). The van der Waals surface area contributed by atoms with Crippen molar-refractivity contribution in [3.63, 3.8) is 0 Å². The molecule has 0 aromatic heterocycles. The van der Waals surface area contributed by atoms with Gasteiger partial charge in [0, 0.05) is 0 Å². The highest BCUT2D eigenvalue weighted by molar-refractivity contribution is 4.92. The first-order valence-corrected chi connectivity index (χ1v) is 5.55. The first-order chi connectivity index (χ1) is 6.33. The van der Waals surface area contributed by atoms with Gasteiger partial charge in [0.15, 0.2) is 0 Å². The molecule has 0 bridgehead atoms. The van der Waals surface area contributed by atoms with Crippen molar-refractivity contribution in [1.29, 1.82) is 0 Å². The zero-order valence-electron chi connectivity index (χ0n) is 8.73. The maximum Gasteiger partial charge on any atom is -0.0229 e. The predicted octanol–water partition coefficient (Wildman–Crippen LogP) is 4.48. The molecule has 0 N–H and O–H groups in total. The van der Waals surface area contributed by atoms with Gasteiger partial charge in [0.25, 0.3) is 0 Å². The van der Waals surface area contributed by atoms with E-state index in [1.165, 1.54) is 51.4 Å². The van der Waals surface area contributed by atoms with Crippen LogP contribution in [0.4, 0.5) is 0 Å². The van der Waals surface area contributed by atoms with Gasteiger partial charge in [0.05, 0.1) is 0 Å². The van der Waals surface area contributed by atoms with Crippen LogP contribution in [0.1, 0.15) is 51.4 Å². The molecule has 0 aromatic carbocycles. The molecule has 1 fully saturated rings. The average molecular weight is 178 g/mol. The quantitative estimate of drug-likeness (QED) is 0.440. The zero-order valence-corrected chi connectivity index (χ0v) is 8.73. The molecule has 0 radical (unpaired) electrons. The van der Waals surface area contributed by atoms with E-state index in [0.717, 1.165) is 0 Å². The Bertz CT molecular complexity index is 147. The van der Waals surface area contributed by atoms with Crippen molar-refractivity contribution in [3.8, 4) is 0 Å². The summed E-state index contributed by atoms with van der Waals surface area (Å²) < 4.78 is 0. The van der Waals surface area contributed by atoms with Crippen molar-refractivity contribution < 1.29 is 0 Å². The average Bonchev–Trinajstić information content (AvgIpc) is 2.32. The molecule has 0 nitrogen and oxygen atoms in total. The second-order valence-corrected chi connectivity index (χ2v) is 4.40. The Balaban J connectivity index is 2.60. The van der Waals surface area contributed by atoms with Gasteiger partial charge in [-0.25, -0.2) is 0 Å². The molecular formula is C13H22. The number of allylic oxidation sites excluding steroid dienone is 2. The smallest absolute Gasteiger partial charge is 0.0229 e. The lowest BCUT2D eigenvalue weighted by atomic mass is 9.75. The molecule has 74 valence electrons. The highest BCUT2D eigenvalue weighted by Crippen LogP contribution is 2.41. The van der Waals surface area contributed by atoms with E-state index < -0.39 is 0 Å². The van der Waals surface area contributed by atoms with Crippen LogP contribution in [0, 0.1) is 5.41 Å². The molecule has 0 unspecified atom stereocenters. The third kappa shape index (κ3) is 3.02. The maximum absolute atomic E-state index is 3.88. The second kappa shape index (κ2) is 5.26. The SMILES string of the molecule is C=CCC1(CC=C)CCCCCC1. The van der Waals surface area contributed by atoms with Crippen LogP contribution < -0.4 is 0 Å². The van der Waals surface area contributed by atoms with Crippen LogP contribution in [-0.2, 0) is 0 Å². The molecule has 1 saturated carbocycles. The minimum atomic E-state index is 0.528. The van der Waals surface area contributed by atoms with Crippen LogP contribution >= 0.6 is 0 Å². The van der Waals surface area contributed by atoms with Crippen LogP contribution in [0.5, 0.6) is 0 Å². The van der Waals surface area contributed by atoms with E-state index in [-0.39, 0.29) is 0 Å². The summed E-state index contributed by atoms with van der Waals surface area (Å²) in [5.74, 6) is 0. The lowest BCUT2D eigenvalue weighted by Crippen LogP contribution is -2.18. The Morgan fingerprint density at radius 2 is 1.31 bits per heavy atom. The van der Waals surface area contributed by atoms with Gasteiger partial charge in [-0.2, -0.15) is 0 Å². The molecule has 0 heterocycles. The van der Waals surface area contributed by atoms with Crippen molar-refractivity contribution in [1.82, 2.24) is 0 Å². The molecule has 0 amide bonds. The lowest BCUT2D eigenvalue weighted by molar-refractivity contribution is 0.250. The monoisotopic (exact) mass is 178 g/mol. The fraction of sp³-hybridized carbons (Fsp3) is 0.692. The van der Waals surface area contributed by atoms with Gasteiger partial charge in [0.1, 0.15) is 0 Å². The van der Waals surface area contributed by atoms with E-state index in [1.54, 1.807) is 0 Å². The van der Waals surface area contributed by atoms with Crippen LogP contribution in [-0.4, -0.2) is 0 Å². The number of hydrogen-bond donors (Lipinski definition) is 0. The first kappa shape index (κ1) is 10.6. The Morgan fingerprint density at radius 1 is 0.846 bits per heavy atom. The van der Waals surface area contributed by atoms with Crippen molar-refractivity contribution >= 4 is 0 Å². The molecule has 0 atom stereocenters. The topological polar surface area (TPSA) is 0 Å². The Kier molecular flexibility index (Phi) is 4.27. The minimum absolute atomic E-state index is 0.528. The first-order valence-electron chi connectivity index (χ1n) is 5.55. The molecule has 0 aromatic rings. The van der Waals surface area contributed by atoms with Crippen molar-refractivity contribution in [2.75, 3.05) is 0 Å². The Labute approximate surface area is 82.7 Å². The minimum Gasteiger partial charge on any atom is -0.103 e. The summed E-state index contributed by atoms with van der Waals surface area (Å²) in [6.45, 7) is 7.76. The van der Waals surface area contributed by atoms with E-state index >= 15 is 0 Å². The molecule has 1 aliphatic rings. The van der Waals surface area contributed by atoms with Crippen molar-refractivity contribution in [2.24, 2.45) is 5.41 Å². The third-order valence-corrected chi connectivity index (χ3v) is 3.32. The fourth-order valence-corrected chi connectivity index (χ4v) is 2.58. The highest BCUT2D eigenvalue weighted by atomic mass is 14.3.